The molecular formula is C22H22N4O2. The molecule has 0 spiro atoms. The molecule has 0 radical (unpaired) electrons. The lowest BCUT2D eigenvalue weighted by Gasteiger charge is -2.11. The second-order valence-electron chi connectivity index (χ2n) is 6.87. The van der Waals surface area contributed by atoms with Gasteiger partial charge in [0.05, 0.1) is 0 Å². The highest BCUT2D eigenvalue weighted by Gasteiger charge is 2.14. The van der Waals surface area contributed by atoms with Crippen molar-refractivity contribution in [2.24, 2.45) is 0 Å². The average molecular weight is 374 g/mol. The van der Waals surface area contributed by atoms with Crippen LogP contribution in [0.1, 0.15) is 23.1 Å². The third-order valence-electron chi connectivity index (χ3n) is 4.97. The molecule has 6 heteroatoms. The lowest BCUT2D eigenvalue weighted by molar-refractivity contribution is 0.252. The predicted molar refractivity (Wildman–Crippen MR) is 109 cm³/mol. The molecule has 0 atom stereocenters. The van der Waals surface area contributed by atoms with Gasteiger partial charge in [0.2, 0.25) is 5.82 Å². The molecule has 6 nitrogen and oxygen atoms in total. The molecule has 0 saturated carbocycles. The number of aromatic nitrogens is 2. The summed E-state index contributed by atoms with van der Waals surface area (Å²) < 4.78 is 1.52. The van der Waals surface area contributed by atoms with Gasteiger partial charge in [-0.25, -0.2) is 9.78 Å². The minimum Gasteiger partial charge on any atom is -0.337 e. The first-order valence-electron chi connectivity index (χ1n) is 9.49. The lowest BCUT2D eigenvalue weighted by Crippen LogP contribution is -2.34. The van der Waals surface area contributed by atoms with Crippen LogP contribution in [0.2, 0.25) is 0 Å². The Morgan fingerprint density at radius 3 is 2.75 bits per heavy atom. The van der Waals surface area contributed by atoms with Gasteiger partial charge in [0, 0.05) is 24.6 Å². The van der Waals surface area contributed by atoms with Crippen molar-refractivity contribution < 1.29 is 4.79 Å². The Hall–Kier alpha value is -3.41. The maximum absolute atomic E-state index is 12.8. The molecule has 1 aliphatic rings. The van der Waals surface area contributed by atoms with Gasteiger partial charge in [-0.1, -0.05) is 36.4 Å². The number of urea groups is 1. The maximum atomic E-state index is 12.8. The van der Waals surface area contributed by atoms with Crippen LogP contribution < -0.4 is 16.2 Å². The van der Waals surface area contributed by atoms with Gasteiger partial charge in [0.1, 0.15) is 0 Å². The highest BCUT2D eigenvalue weighted by atomic mass is 16.2. The Labute approximate surface area is 163 Å². The van der Waals surface area contributed by atoms with Crippen LogP contribution in [0.3, 0.4) is 0 Å². The van der Waals surface area contributed by atoms with Gasteiger partial charge in [-0.2, -0.15) is 0 Å². The average Bonchev–Trinajstić information content (AvgIpc) is 3.18. The maximum Gasteiger partial charge on any atom is 0.320 e. The van der Waals surface area contributed by atoms with Crippen LogP contribution in [0.5, 0.6) is 0 Å². The van der Waals surface area contributed by atoms with Crippen LogP contribution in [0.4, 0.5) is 10.6 Å². The number of fused-ring (bicyclic) bond motifs is 1. The molecule has 0 unspecified atom stereocenters. The van der Waals surface area contributed by atoms with Crippen LogP contribution in [0.15, 0.2) is 65.7 Å². The van der Waals surface area contributed by atoms with Gasteiger partial charge < -0.3 is 5.32 Å². The number of nitrogens with one attached hydrogen (secondary N) is 2. The fourth-order valence-electron chi connectivity index (χ4n) is 3.53. The summed E-state index contributed by atoms with van der Waals surface area (Å²) in [4.78, 5) is 28.9. The summed E-state index contributed by atoms with van der Waals surface area (Å²) in [5.41, 5.74) is 4.22. The molecule has 142 valence electrons. The topological polar surface area (TPSA) is 76.0 Å². The fraction of sp³-hybridized carbons (Fsp3) is 0.227. The van der Waals surface area contributed by atoms with Gasteiger partial charge in [0.15, 0.2) is 0 Å². The number of benzene rings is 2. The number of anilines is 1. The van der Waals surface area contributed by atoms with Gasteiger partial charge in [-0.15, -0.1) is 0 Å². The highest BCUT2D eigenvalue weighted by Crippen LogP contribution is 2.23. The minimum absolute atomic E-state index is 0.0141. The van der Waals surface area contributed by atoms with E-state index in [1.807, 2.05) is 42.5 Å². The normalized spacial score (nSPS) is 12.4. The molecule has 2 N–H and O–H groups in total. The largest absolute Gasteiger partial charge is 0.337 e. The van der Waals surface area contributed by atoms with Crippen LogP contribution >= 0.6 is 0 Å². The summed E-state index contributed by atoms with van der Waals surface area (Å²) in [6, 6.07) is 15.5. The molecule has 28 heavy (non-hydrogen) atoms. The molecule has 2 aromatic carbocycles. The van der Waals surface area contributed by atoms with Crippen molar-refractivity contribution in [3.8, 4) is 5.69 Å². The molecule has 1 aromatic heterocycles. The van der Waals surface area contributed by atoms with E-state index in [-0.39, 0.29) is 11.4 Å². The standard InChI is InChI=1S/C22H22N4O2/c27-21-20(25-22(28)24-12-11-16-5-2-1-3-6-16)23-13-14-26(21)19-10-9-17-7-4-8-18(17)15-19/h1-3,5-6,9-10,13-15H,4,7-8,11-12H2,(H2,23,24,25,28). The van der Waals surface area contributed by atoms with E-state index in [0.717, 1.165) is 36.9 Å². The Kier molecular flexibility index (Phi) is 5.19. The summed E-state index contributed by atoms with van der Waals surface area (Å²) in [6.45, 7) is 0.474. The van der Waals surface area contributed by atoms with E-state index in [2.05, 4.69) is 21.7 Å². The number of hydrogen-bond acceptors (Lipinski definition) is 3. The van der Waals surface area contributed by atoms with Gasteiger partial charge in [0.25, 0.3) is 5.56 Å². The summed E-state index contributed by atoms with van der Waals surface area (Å²) >= 11 is 0. The summed E-state index contributed by atoms with van der Waals surface area (Å²) in [7, 11) is 0. The number of amides is 2. The number of aryl methyl sites for hydroxylation is 2. The molecule has 0 fully saturated rings. The van der Waals surface area contributed by atoms with Crippen molar-refractivity contribution in [2.45, 2.75) is 25.7 Å². The Morgan fingerprint density at radius 2 is 1.89 bits per heavy atom. The van der Waals surface area contributed by atoms with Gasteiger partial charge >= 0.3 is 6.03 Å². The van der Waals surface area contributed by atoms with Gasteiger partial charge in [-0.05, 0) is 54.5 Å². The molecule has 3 aromatic rings. The Bertz CT molecular complexity index is 1040. The van der Waals surface area contributed by atoms with Crippen molar-refractivity contribution in [1.29, 1.82) is 0 Å². The van der Waals surface area contributed by atoms with E-state index in [4.69, 9.17) is 0 Å². The molecule has 0 saturated heterocycles. The van der Waals surface area contributed by atoms with E-state index in [1.54, 1.807) is 6.20 Å². The first kappa shape index (κ1) is 18.0. The fourth-order valence-corrected chi connectivity index (χ4v) is 3.53. The second kappa shape index (κ2) is 8.08. The number of hydrogen-bond donors (Lipinski definition) is 2. The zero-order valence-corrected chi connectivity index (χ0v) is 15.5. The van der Waals surface area contributed by atoms with Crippen molar-refractivity contribution in [3.63, 3.8) is 0 Å². The molecule has 0 bridgehead atoms. The summed E-state index contributed by atoms with van der Waals surface area (Å²) in [5, 5.41) is 5.33. The first-order valence-corrected chi connectivity index (χ1v) is 9.49. The highest BCUT2D eigenvalue weighted by molar-refractivity contribution is 5.88. The zero-order chi connectivity index (χ0) is 19.3. The smallest absolute Gasteiger partial charge is 0.320 e. The first-order chi connectivity index (χ1) is 13.7. The number of carbonyl (C=O) groups is 1. The third-order valence-corrected chi connectivity index (χ3v) is 4.97. The number of nitrogens with zero attached hydrogens (tertiary/aromatic N) is 2. The Balaban J connectivity index is 1.43. The predicted octanol–water partition coefficient (Wildman–Crippen LogP) is 3.09. The molecular weight excluding hydrogens is 352 g/mol. The summed E-state index contributed by atoms with van der Waals surface area (Å²) in [6.07, 6.45) is 7.15. The molecule has 2 amide bonds. The zero-order valence-electron chi connectivity index (χ0n) is 15.5. The quantitative estimate of drug-likeness (QED) is 0.721. The number of carbonyl (C=O) groups excluding carboxylic acids is 1. The van der Waals surface area contributed by atoms with E-state index in [9.17, 15) is 9.59 Å². The SMILES string of the molecule is O=C(NCCc1ccccc1)Nc1nccn(-c2ccc3c(c2)CCC3)c1=O. The summed E-state index contributed by atoms with van der Waals surface area (Å²) in [5.74, 6) is 0.0141. The van der Waals surface area contributed by atoms with Crippen LogP contribution in [0, 0.1) is 0 Å². The van der Waals surface area contributed by atoms with Crippen LogP contribution in [0.25, 0.3) is 5.69 Å². The Morgan fingerprint density at radius 1 is 1.07 bits per heavy atom. The van der Waals surface area contributed by atoms with Crippen molar-refractivity contribution >= 4 is 11.8 Å². The molecule has 1 heterocycles. The van der Waals surface area contributed by atoms with Gasteiger partial charge in [-0.3, -0.25) is 14.7 Å². The third kappa shape index (κ3) is 3.96. The number of rotatable bonds is 5. The van der Waals surface area contributed by atoms with Crippen LogP contribution in [-0.4, -0.2) is 22.1 Å². The van der Waals surface area contributed by atoms with Crippen LogP contribution in [-0.2, 0) is 19.3 Å². The minimum atomic E-state index is -0.438. The van der Waals surface area contributed by atoms with E-state index < -0.39 is 6.03 Å². The lowest BCUT2D eigenvalue weighted by atomic mass is 10.1. The van der Waals surface area contributed by atoms with E-state index in [1.165, 1.54) is 21.9 Å². The monoisotopic (exact) mass is 374 g/mol. The molecule has 1 aliphatic carbocycles. The van der Waals surface area contributed by atoms with Crippen molar-refractivity contribution in [2.75, 3.05) is 11.9 Å². The van der Waals surface area contributed by atoms with E-state index in [0.29, 0.717) is 6.54 Å². The molecule has 4 rings (SSSR count). The van der Waals surface area contributed by atoms with Crippen molar-refractivity contribution in [1.82, 2.24) is 14.9 Å². The second-order valence-corrected chi connectivity index (χ2v) is 6.87. The van der Waals surface area contributed by atoms with E-state index >= 15 is 0 Å². The van der Waals surface area contributed by atoms with Crippen molar-refractivity contribution in [3.05, 3.63) is 88.0 Å². The molecule has 0 aliphatic heterocycles.